The quantitative estimate of drug-likeness (QED) is 0.680. The summed E-state index contributed by atoms with van der Waals surface area (Å²) in [6, 6.07) is 8.54. The van der Waals surface area contributed by atoms with Crippen LogP contribution in [-0.4, -0.2) is 7.05 Å². The molecule has 0 saturated carbocycles. The molecule has 1 aromatic carbocycles. The van der Waals surface area contributed by atoms with E-state index in [4.69, 9.17) is 0 Å². The lowest BCUT2D eigenvalue weighted by molar-refractivity contribution is 0.698. The third-order valence-electron chi connectivity index (χ3n) is 2.47. The summed E-state index contributed by atoms with van der Waals surface area (Å²) in [7, 11) is 1.98. The molecular formula is C12H10Br3NS. The van der Waals surface area contributed by atoms with Gasteiger partial charge in [-0.25, -0.2) is 0 Å². The second kappa shape index (κ2) is 5.97. The van der Waals surface area contributed by atoms with Crippen molar-refractivity contribution in [2.75, 3.05) is 7.05 Å². The average Bonchev–Trinajstić information content (AvgIpc) is 2.69. The van der Waals surface area contributed by atoms with Gasteiger partial charge in [-0.15, -0.1) is 11.3 Å². The minimum atomic E-state index is 0.201. The van der Waals surface area contributed by atoms with Gasteiger partial charge in [0.25, 0.3) is 0 Å². The van der Waals surface area contributed by atoms with Crippen LogP contribution >= 0.6 is 59.1 Å². The molecule has 1 unspecified atom stereocenters. The molecule has 0 spiro atoms. The largest absolute Gasteiger partial charge is 0.309 e. The zero-order valence-electron chi connectivity index (χ0n) is 9.01. The van der Waals surface area contributed by atoms with Gasteiger partial charge in [0.2, 0.25) is 0 Å². The van der Waals surface area contributed by atoms with E-state index in [1.807, 2.05) is 7.05 Å². The first kappa shape index (κ1) is 13.7. The van der Waals surface area contributed by atoms with Gasteiger partial charge >= 0.3 is 0 Å². The fraction of sp³-hybridized carbons (Fsp3) is 0.167. The predicted octanol–water partition coefficient (Wildman–Crippen LogP) is 5.34. The first-order chi connectivity index (χ1) is 8.13. The molecule has 2 rings (SSSR count). The Balaban J connectivity index is 2.46. The lowest BCUT2D eigenvalue weighted by atomic mass is 10.1. The van der Waals surface area contributed by atoms with E-state index >= 15 is 0 Å². The lowest BCUT2D eigenvalue weighted by Crippen LogP contribution is -2.17. The van der Waals surface area contributed by atoms with Crippen LogP contribution in [0.3, 0.4) is 0 Å². The van der Waals surface area contributed by atoms with Crippen molar-refractivity contribution in [3.8, 4) is 0 Å². The van der Waals surface area contributed by atoms with Gasteiger partial charge in [-0.1, -0.05) is 37.9 Å². The van der Waals surface area contributed by atoms with Gasteiger partial charge in [-0.2, -0.15) is 0 Å². The third-order valence-corrected chi connectivity index (χ3v) is 5.58. The average molecular weight is 440 g/mol. The molecule has 1 aromatic heterocycles. The van der Waals surface area contributed by atoms with E-state index in [-0.39, 0.29) is 6.04 Å². The van der Waals surface area contributed by atoms with Gasteiger partial charge in [0.1, 0.15) is 0 Å². The maximum absolute atomic E-state index is 3.62. The molecule has 0 bridgehead atoms. The molecule has 0 aliphatic carbocycles. The van der Waals surface area contributed by atoms with E-state index in [1.54, 1.807) is 11.3 Å². The zero-order chi connectivity index (χ0) is 12.4. The number of thiophene rings is 1. The number of benzene rings is 1. The molecule has 0 aliphatic rings. The SMILES string of the molecule is CNC(c1ccc(Br)cc1Br)c1sccc1Br. The normalized spacial score (nSPS) is 12.7. The molecule has 17 heavy (non-hydrogen) atoms. The highest BCUT2D eigenvalue weighted by atomic mass is 79.9. The maximum Gasteiger partial charge on any atom is 0.0691 e. The van der Waals surface area contributed by atoms with E-state index < -0.39 is 0 Å². The van der Waals surface area contributed by atoms with E-state index in [2.05, 4.69) is 82.8 Å². The molecule has 0 amide bonds. The molecule has 0 fully saturated rings. The molecule has 1 atom stereocenters. The Morgan fingerprint density at radius 1 is 1.12 bits per heavy atom. The Hall–Kier alpha value is 0.320. The molecule has 1 N–H and O–H groups in total. The molecule has 90 valence electrons. The van der Waals surface area contributed by atoms with Crippen molar-refractivity contribution >= 4 is 59.1 Å². The van der Waals surface area contributed by atoms with E-state index in [1.165, 1.54) is 10.4 Å². The highest BCUT2D eigenvalue weighted by Crippen LogP contribution is 2.36. The van der Waals surface area contributed by atoms with Crippen molar-refractivity contribution in [2.24, 2.45) is 0 Å². The third kappa shape index (κ3) is 3.01. The Bertz CT molecular complexity index is 524. The van der Waals surface area contributed by atoms with Crippen LogP contribution in [0, 0.1) is 0 Å². The van der Waals surface area contributed by atoms with Crippen LogP contribution in [0.1, 0.15) is 16.5 Å². The summed E-state index contributed by atoms with van der Waals surface area (Å²) in [4.78, 5) is 1.29. The van der Waals surface area contributed by atoms with Crippen LogP contribution in [0.25, 0.3) is 0 Å². The first-order valence-electron chi connectivity index (χ1n) is 4.98. The molecular weight excluding hydrogens is 430 g/mol. The summed E-state index contributed by atoms with van der Waals surface area (Å²) in [6.45, 7) is 0. The lowest BCUT2D eigenvalue weighted by Gasteiger charge is -2.17. The Morgan fingerprint density at radius 2 is 1.88 bits per heavy atom. The summed E-state index contributed by atoms with van der Waals surface area (Å²) in [6.07, 6.45) is 0. The van der Waals surface area contributed by atoms with Crippen LogP contribution in [0.4, 0.5) is 0 Å². The number of halogens is 3. The Kier molecular flexibility index (Phi) is 4.83. The van der Waals surface area contributed by atoms with Crippen molar-refractivity contribution in [3.63, 3.8) is 0 Å². The predicted molar refractivity (Wildman–Crippen MR) is 84.8 cm³/mol. The van der Waals surface area contributed by atoms with Gasteiger partial charge in [0.05, 0.1) is 6.04 Å². The van der Waals surface area contributed by atoms with Crippen molar-refractivity contribution in [1.82, 2.24) is 5.32 Å². The topological polar surface area (TPSA) is 12.0 Å². The van der Waals surface area contributed by atoms with Gasteiger partial charge in [-0.3, -0.25) is 0 Å². The standard InChI is InChI=1S/C12H10Br3NS/c1-16-11(12-9(14)4-5-17-12)8-3-2-7(13)6-10(8)15/h2-6,11,16H,1H3. The summed E-state index contributed by atoms with van der Waals surface area (Å²) < 4.78 is 3.33. The molecule has 5 heteroatoms. The van der Waals surface area contributed by atoms with Crippen LogP contribution in [-0.2, 0) is 0 Å². The van der Waals surface area contributed by atoms with Crippen LogP contribution in [0.15, 0.2) is 43.1 Å². The van der Waals surface area contributed by atoms with Gasteiger partial charge in [0.15, 0.2) is 0 Å². The van der Waals surface area contributed by atoms with Crippen molar-refractivity contribution < 1.29 is 0 Å². The second-order valence-corrected chi connectivity index (χ2v) is 7.09. The highest BCUT2D eigenvalue weighted by molar-refractivity contribution is 9.11. The second-order valence-electron chi connectivity index (χ2n) is 3.52. The van der Waals surface area contributed by atoms with E-state index in [0.29, 0.717) is 0 Å². The Labute approximate surface area is 130 Å². The molecule has 0 aliphatic heterocycles. The van der Waals surface area contributed by atoms with Crippen molar-refractivity contribution in [2.45, 2.75) is 6.04 Å². The van der Waals surface area contributed by atoms with Crippen molar-refractivity contribution in [3.05, 3.63) is 53.5 Å². The highest BCUT2D eigenvalue weighted by Gasteiger charge is 2.18. The van der Waals surface area contributed by atoms with E-state index in [9.17, 15) is 0 Å². The number of hydrogen-bond donors (Lipinski definition) is 1. The minimum Gasteiger partial charge on any atom is -0.309 e. The zero-order valence-corrected chi connectivity index (χ0v) is 14.6. The number of nitrogens with one attached hydrogen (secondary N) is 1. The fourth-order valence-electron chi connectivity index (χ4n) is 1.67. The van der Waals surface area contributed by atoms with Crippen molar-refractivity contribution in [1.29, 1.82) is 0 Å². The summed E-state index contributed by atoms with van der Waals surface area (Å²) in [5.41, 5.74) is 1.24. The molecule has 1 nitrogen and oxygen atoms in total. The monoisotopic (exact) mass is 437 g/mol. The molecule has 0 radical (unpaired) electrons. The van der Waals surface area contributed by atoms with Crippen LogP contribution < -0.4 is 5.32 Å². The van der Waals surface area contributed by atoms with Crippen LogP contribution in [0.5, 0.6) is 0 Å². The van der Waals surface area contributed by atoms with Gasteiger partial charge in [-0.05, 0) is 52.1 Å². The fourth-order valence-corrected chi connectivity index (χ4v) is 4.68. The smallest absolute Gasteiger partial charge is 0.0691 e. The number of rotatable bonds is 3. The first-order valence-corrected chi connectivity index (χ1v) is 8.24. The maximum atomic E-state index is 3.62. The summed E-state index contributed by atoms with van der Waals surface area (Å²) >= 11 is 12.4. The van der Waals surface area contributed by atoms with Gasteiger partial charge < -0.3 is 5.32 Å². The summed E-state index contributed by atoms with van der Waals surface area (Å²) in [5.74, 6) is 0. The molecule has 0 saturated heterocycles. The van der Waals surface area contributed by atoms with E-state index in [0.717, 1.165) is 13.4 Å². The minimum absolute atomic E-state index is 0.201. The number of hydrogen-bond acceptors (Lipinski definition) is 2. The molecule has 2 aromatic rings. The van der Waals surface area contributed by atoms with Gasteiger partial charge in [0, 0.05) is 18.3 Å². The summed E-state index contributed by atoms with van der Waals surface area (Å²) in [5, 5.41) is 5.45. The van der Waals surface area contributed by atoms with Crippen LogP contribution in [0.2, 0.25) is 0 Å². The molecule has 1 heterocycles. The Morgan fingerprint density at radius 3 is 2.41 bits per heavy atom.